The molecule has 0 amide bonds. The zero-order chi connectivity index (χ0) is 11.4. The largest absolute Gasteiger partial charge is 0.496 e. The van der Waals surface area contributed by atoms with Crippen LogP contribution in [0.4, 0.5) is 0 Å². The molecule has 0 fully saturated rings. The number of carbonyl (C=O) groups is 1. The molecule has 1 N–H and O–H groups in total. The molecular formula is C12H16O3. The van der Waals surface area contributed by atoms with Crippen molar-refractivity contribution in [3.05, 3.63) is 29.3 Å². The van der Waals surface area contributed by atoms with Gasteiger partial charge in [-0.15, -0.1) is 0 Å². The van der Waals surface area contributed by atoms with E-state index in [-0.39, 0.29) is 0 Å². The van der Waals surface area contributed by atoms with Crippen LogP contribution >= 0.6 is 0 Å². The first kappa shape index (κ1) is 11.6. The van der Waals surface area contributed by atoms with E-state index in [2.05, 4.69) is 0 Å². The summed E-state index contributed by atoms with van der Waals surface area (Å²) >= 11 is 0. The SMILES string of the molecule is CCC(C(=O)O)c1cccc(OC)c1C. The number of hydrogen-bond acceptors (Lipinski definition) is 2. The monoisotopic (exact) mass is 208 g/mol. The number of carboxylic acids is 1. The van der Waals surface area contributed by atoms with Gasteiger partial charge >= 0.3 is 5.97 Å². The molecule has 0 radical (unpaired) electrons. The highest BCUT2D eigenvalue weighted by atomic mass is 16.5. The Morgan fingerprint density at radius 1 is 1.53 bits per heavy atom. The summed E-state index contributed by atoms with van der Waals surface area (Å²) in [5.41, 5.74) is 1.75. The Hall–Kier alpha value is -1.51. The minimum atomic E-state index is -0.783. The van der Waals surface area contributed by atoms with Crippen LogP contribution in [0, 0.1) is 6.92 Å². The van der Waals surface area contributed by atoms with Crippen molar-refractivity contribution in [3.63, 3.8) is 0 Å². The Labute approximate surface area is 89.7 Å². The summed E-state index contributed by atoms with van der Waals surface area (Å²) in [5.74, 6) is -0.485. The van der Waals surface area contributed by atoms with Crippen LogP contribution in [0.1, 0.15) is 30.4 Å². The average molecular weight is 208 g/mol. The molecule has 0 saturated carbocycles. The molecule has 0 spiro atoms. The highest BCUT2D eigenvalue weighted by molar-refractivity contribution is 5.76. The van der Waals surface area contributed by atoms with Gasteiger partial charge in [-0.05, 0) is 30.5 Å². The highest BCUT2D eigenvalue weighted by Crippen LogP contribution is 2.29. The maximum absolute atomic E-state index is 11.0. The van der Waals surface area contributed by atoms with Crippen molar-refractivity contribution in [3.8, 4) is 5.75 Å². The molecule has 82 valence electrons. The minimum Gasteiger partial charge on any atom is -0.496 e. The summed E-state index contributed by atoms with van der Waals surface area (Å²) in [5, 5.41) is 9.07. The first-order valence-corrected chi connectivity index (χ1v) is 4.98. The van der Waals surface area contributed by atoms with Gasteiger partial charge in [-0.1, -0.05) is 19.1 Å². The summed E-state index contributed by atoms with van der Waals surface area (Å²) in [6.07, 6.45) is 0.587. The van der Waals surface area contributed by atoms with E-state index in [9.17, 15) is 4.79 Å². The summed E-state index contributed by atoms with van der Waals surface area (Å²) in [7, 11) is 1.59. The van der Waals surface area contributed by atoms with E-state index in [0.717, 1.165) is 16.9 Å². The molecule has 0 aromatic heterocycles. The summed E-state index contributed by atoms with van der Waals surface area (Å²) in [6, 6.07) is 5.51. The molecule has 1 aromatic carbocycles. The first-order chi connectivity index (χ1) is 7.11. The summed E-state index contributed by atoms with van der Waals surface area (Å²) < 4.78 is 5.17. The zero-order valence-electron chi connectivity index (χ0n) is 9.28. The average Bonchev–Trinajstić information content (AvgIpc) is 2.21. The molecule has 0 bridgehead atoms. The van der Waals surface area contributed by atoms with E-state index in [1.54, 1.807) is 7.11 Å². The van der Waals surface area contributed by atoms with E-state index in [1.807, 2.05) is 32.0 Å². The third kappa shape index (κ3) is 2.29. The Kier molecular flexibility index (Phi) is 3.72. The van der Waals surface area contributed by atoms with E-state index in [4.69, 9.17) is 9.84 Å². The van der Waals surface area contributed by atoms with Crippen LogP contribution in [0.25, 0.3) is 0 Å². The number of ether oxygens (including phenoxy) is 1. The van der Waals surface area contributed by atoms with Crippen molar-refractivity contribution in [2.75, 3.05) is 7.11 Å². The fourth-order valence-corrected chi connectivity index (χ4v) is 1.76. The Morgan fingerprint density at radius 3 is 2.67 bits per heavy atom. The zero-order valence-corrected chi connectivity index (χ0v) is 9.28. The molecule has 15 heavy (non-hydrogen) atoms. The van der Waals surface area contributed by atoms with Crippen molar-refractivity contribution in [1.82, 2.24) is 0 Å². The van der Waals surface area contributed by atoms with Crippen LogP contribution in [-0.4, -0.2) is 18.2 Å². The van der Waals surface area contributed by atoms with Crippen LogP contribution in [0.2, 0.25) is 0 Å². The maximum Gasteiger partial charge on any atom is 0.310 e. The minimum absolute atomic E-state index is 0.444. The number of methoxy groups -OCH3 is 1. The smallest absolute Gasteiger partial charge is 0.310 e. The molecule has 3 heteroatoms. The van der Waals surface area contributed by atoms with Gasteiger partial charge in [0.05, 0.1) is 13.0 Å². The van der Waals surface area contributed by atoms with Crippen LogP contribution in [0.3, 0.4) is 0 Å². The predicted octanol–water partition coefficient (Wildman–Crippen LogP) is 2.58. The Bertz CT molecular complexity index is 358. The molecule has 1 unspecified atom stereocenters. The van der Waals surface area contributed by atoms with Crippen LogP contribution in [-0.2, 0) is 4.79 Å². The molecule has 3 nitrogen and oxygen atoms in total. The van der Waals surface area contributed by atoms with Crippen molar-refractivity contribution in [1.29, 1.82) is 0 Å². The fourth-order valence-electron chi connectivity index (χ4n) is 1.76. The van der Waals surface area contributed by atoms with Gasteiger partial charge < -0.3 is 9.84 Å². The molecule has 1 atom stereocenters. The molecule has 0 aliphatic heterocycles. The molecule has 0 aliphatic rings. The normalized spacial score (nSPS) is 12.2. The third-order valence-corrected chi connectivity index (χ3v) is 2.63. The standard InChI is InChI=1S/C12H16O3/c1-4-9(12(13)14)10-6-5-7-11(15-3)8(10)2/h5-7,9H,4H2,1-3H3,(H,13,14). The topological polar surface area (TPSA) is 46.5 Å². The van der Waals surface area contributed by atoms with Crippen molar-refractivity contribution in [2.24, 2.45) is 0 Å². The van der Waals surface area contributed by atoms with E-state index in [1.165, 1.54) is 0 Å². The fraction of sp³-hybridized carbons (Fsp3) is 0.417. The van der Waals surface area contributed by atoms with Gasteiger partial charge in [0.1, 0.15) is 5.75 Å². The van der Waals surface area contributed by atoms with Crippen LogP contribution in [0.5, 0.6) is 5.75 Å². The summed E-state index contributed by atoms with van der Waals surface area (Å²) in [6.45, 7) is 3.76. The second-order valence-corrected chi connectivity index (χ2v) is 3.47. The number of hydrogen-bond donors (Lipinski definition) is 1. The van der Waals surface area contributed by atoms with Gasteiger partial charge in [0.15, 0.2) is 0 Å². The third-order valence-electron chi connectivity index (χ3n) is 2.63. The maximum atomic E-state index is 11.0. The van der Waals surface area contributed by atoms with Crippen LogP contribution in [0.15, 0.2) is 18.2 Å². The molecule has 0 saturated heterocycles. The lowest BCUT2D eigenvalue weighted by atomic mass is 9.92. The number of benzene rings is 1. The quantitative estimate of drug-likeness (QED) is 0.827. The van der Waals surface area contributed by atoms with Gasteiger partial charge in [0, 0.05) is 0 Å². The van der Waals surface area contributed by atoms with Gasteiger partial charge in [-0.25, -0.2) is 0 Å². The molecule has 0 aliphatic carbocycles. The lowest BCUT2D eigenvalue weighted by molar-refractivity contribution is -0.138. The molecular weight excluding hydrogens is 192 g/mol. The van der Waals surface area contributed by atoms with Crippen molar-refractivity contribution < 1.29 is 14.6 Å². The van der Waals surface area contributed by atoms with E-state index in [0.29, 0.717) is 6.42 Å². The van der Waals surface area contributed by atoms with Crippen molar-refractivity contribution >= 4 is 5.97 Å². The molecule has 1 aromatic rings. The van der Waals surface area contributed by atoms with E-state index < -0.39 is 11.9 Å². The van der Waals surface area contributed by atoms with Crippen molar-refractivity contribution in [2.45, 2.75) is 26.2 Å². The molecule has 0 heterocycles. The first-order valence-electron chi connectivity index (χ1n) is 4.98. The number of carboxylic acid groups (broad SMARTS) is 1. The van der Waals surface area contributed by atoms with Gasteiger partial charge in [-0.2, -0.15) is 0 Å². The highest BCUT2D eigenvalue weighted by Gasteiger charge is 2.20. The lowest BCUT2D eigenvalue weighted by Gasteiger charge is -2.15. The van der Waals surface area contributed by atoms with E-state index >= 15 is 0 Å². The second-order valence-electron chi connectivity index (χ2n) is 3.47. The second kappa shape index (κ2) is 4.82. The van der Waals surface area contributed by atoms with Gasteiger partial charge in [0.2, 0.25) is 0 Å². The summed E-state index contributed by atoms with van der Waals surface area (Å²) in [4.78, 5) is 11.0. The number of rotatable bonds is 4. The Morgan fingerprint density at radius 2 is 2.20 bits per heavy atom. The van der Waals surface area contributed by atoms with Gasteiger partial charge in [-0.3, -0.25) is 4.79 Å². The Balaban J connectivity index is 3.18. The van der Waals surface area contributed by atoms with Crippen LogP contribution < -0.4 is 4.74 Å². The lowest BCUT2D eigenvalue weighted by Crippen LogP contribution is -2.12. The predicted molar refractivity (Wildman–Crippen MR) is 58.4 cm³/mol. The number of aliphatic carboxylic acids is 1. The molecule has 1 rings (SSSR count). The van der Waals surface area contributed by atoms with Gasteiger partial charge in [0.25, 0.3) is 0 Å².